The number of hydrogen-bond acceptors (Lipinski definition) is 4. The van der Waals surface area contributed by atoms with Crippen LogP contribution < -0.4 is 11.5 Å². The van der Waals surface area contributed by atoms with Crippen LogP contribution in [-0.2, 0) is 0 Å². The highest BCUT2D eigenvalue weighted by atomic mass is 32.1. The Bertz CT molecular complexity index is 433. The van der Waals surface area contributed by atoms with Crippen molar-refractivity contribution in [2.24, 2.45) is 5.73 Å². The second-order valence-corrected chi connectivity index (χ2v) is 4.13. The Labute approximate surface area is 80.4 Å². The van der Waals surface area contributed by atoms with Crippen LogP contribution in [0.25, 0.3) is 10.2 Å². The van der Waals surface area contributed by atoms with E-state index in [1.807, 2.05) is 25.1 Å². The molecule has 4 heteroatoms. The van der Waals surface area contributed by atoms with E-state index in [1.165, 1.54) is 11.3 Å². The van der Waals surface area contributed by atoms with Crippen molar-refractivity contribution in [3.63, 3.8) is 0 Å². The van der Waals surface area contributed by atoms with Gasteiger partial charge < -0.3 is 11.5 Å². The quantitative estimate of drug-likeness (QED) is 0.727. The van der Waals surface area contributed by atoms with Crippen molar-refractivity contribution in [3.05, 3.63) is 23.8 Å². The highest BCUT2D eigenvalue weighted by Gasteiger charge is 2.04. The number of hydrogen-bond donors (Lipinski definition) is 2. The van der Waals surface area contributed by atoms with Crippen molar-refractivity contribution < 1.29 is 0 Å². The van der Waals surface area contributed by atoms with Gasteiger partial charge in [-0.2, -0.15) is 0 Å². The maximum absolute atomic E-state index is 5.76. The van der Waals surface area contributed by atoms with E-state index < -0.39 is 0 Å². The van der Waals surface area contributed by atoms with E-state index in [0.29, 0.717) is 5.13 Å². The molecule has 2 aromatic rings. The van der Waals surface area contributed by atoms with Crippen molar-refractivity contribution in [2.75, 3.05) is 5.73 Å². The Morgan fingerprint density at radius 1 is 1.46 bits per heavy atom. The Morgan fingerprint density at radius 2 is 2.23 bits per heavy atom. The number of aromatic nitrogens is 1. The SMILES string of the molecule is CC(N)c1ccc2nc(N)sc2c1. The smallest absolute Gasteiger partial charge is 0.181 e. The zero-order valence-electron chi connectivity index (χ0n) is 7.32. The molecule has 1 aromatic carbocycles. The molecule has 0 aliphatic carbocycles. The predicted octanol–water partition coefficient (Wildman–Crippen LogP) is 1.90. The van der Waals surface area contributed by atoms with Crippen LogP contribution in [0.4, 0.5) is 5.13 Å². The summed E-state index contributed by atoms with van der Waals surface area (Å²) in [5.74, 6) is 0. The molecule has 1 atom stereocenters. The zero-order chi connectivity index (χ0) is 9.42. The van der Waals surface area contributed by atoms with Crippen molar-refractivity contribution in [1.29, 1.82) is 0 Å². The monoisotopic (exact) mass is 193 g/mol. The van der Waals surface area contributed by atoms with E-state index in [9.17, 15) is 0 Å². The summed E-state index contributed by atoms with van der Waals surface area (Å²) in [5.41, 5.74) is 13.4. The number of fused-ring (bicyclic) bond motifs is 1. The fraction of sp³-hybridized carbons (Fsp3) is 0.222. The van der Waals surface area contributed by atoms with Crippen LogP contribution in [0, 0.1) is 0 Å². The highest BCUT2D eigenvalue weighted by molar-refractivity contribution is 7.22. The van der Waals surface area contributed by atoms with Crippen LogP contribution in [0.5, 0.6) is 0 Å². The molecule has 1 heterocycles. The second-order valence-electron chi connectivity index (χ2n) is 3.07. The number of nitrogens with two attached hydrogens (primary N) is 2. The summed E-state index contributed by atoms with van der Waals surface area (Å²) in [7, 11) is 0. The van der Waals surface area contributed by atoms with Crippen molar-refractivity contribution in [2.45, 2.75) is 13.0 Å². The molecule has 0 amide bonds. The van der Waals surface area contributed by atoms with Gasteiger partial charge in [0.15, 0.2) is 5.13 Å². The summed E-state index contributed by atoms with van der Waals surface area (Å²) < 4.78 is 1.10. The number of rotatable bonds is 1. The molecule has 0 radical (unpaired) electrons. The Hall–Kier alpha value is -1.13. The largest absolute Gasteiger partial charge is 0.375 e. The number of thiazole rings is 1. The first-order chi connectivity index (χ1) is 6.16. The maximum atomic E-state index is 5.76. The molecule has 0 spiro atoms. The predicted molar refractivity (Wildman–Crippen MR) is 56.6 cm³/mol. The van der Waals surface area contributed by atoms with E-state index in [2.05, 4.69) is 4.98 Å². The number of nitrogen functional groups attached to an aromatic ring is 1. The Balaban J connectivity index is 2.61. The molecular formula is C9H11N3S. The van der Waals surface area contributed by atoms with E-state index >= 15 is 0 Å². The molecule has 3 nitrogen and oxygen atoms in total. The topological polar surface area (TPSA) is 64.9 Å². The lowest BCUT2D eigenvalue weighted by Crippen LogP contribution is -2.03. The molecule has 1 aromatic heterocycles. The normalized spacial score (nSPS) is 13.4. The third-order valence-corrected chi connectivity index (χ3v) is 2.80. The third-order valence-electron chi connectivity index (χ3n) is 1.95. The van der Waals surface area contributed by atoms with Gasteiger partial charge in [0.05, 0.1) is 10.2 Å². The fourth-order valence-corrected chi connectivity index (χ4v) is 2.02. The Morgan fingerprint density at radius 3 is 2.92 bits per heavy atom. The molecule has 0 aliphatic heterocycles. The molecule has 1 unspecified atom stereocenters. The van der Waals surface area contributed by atoms with Crippen LogP contribution in [0.1, 0.15) is 18.5 Å². The molecule has 0 fully saturated rings. The Kier molecular flexibility index (Phi) is 1.94. The molecule has 0 aliphatic rings. The molecule has 68 valence electrons. The van der Waals surface area contributed by atoms with E-state index in [1.54, 1.807) is 0 Å². The molecular weight excluding hydrogens is 182 g/mol. The first kappa shape index (κ1) is 8.47. The molecule has 13 heavy (non-hydrogen) atoms. The van der Waals surface area contributed by atoms with Crippen molar-refractivity contribution >= 4 is 26.7 Å². The maximum Gasteiger partial charge on any atom is 0.181 e. The van der Waals surface area contributed by atoms with Crippen molar-refractivity contribution in [1.82, 2.24) is 4.98 Å². The average Bonchev–Trinajstić information content (AvgIpc) is 2.42. The molecule has 0 saturated heterocycles. The van der Waals surface area contributed by atoms with Gasteiger partial charge >= 0.3 is 0 Å². The lowest BCUT2D eigenvalue weighted by molar-refractivity contribution is 0.820. The van der Waals surface area contributed by atoms with Crippen LogP contribution in [0.3, 0.4) is 0 Å². The number of nitrogens with zero attached hydrogens (tertiary/aromatic N) is 1. The summed E-state index contributed by atoms with van der Waals surface area (Å²) >= 11 is 1.49. The van der Waals surface area contributed by atoms with Gasteiger partial charge in [-0.3, -0.25) is 0 Å². The van der Waals surface area contributed by atoms with Gasteiger partial charge in [0, 0.05) is 6.04 Å². The first-order valence-electron chi connectivity index (χ1n) is 4.08. The standard InChI is InChI=1S/C9H11N3S/c1-5(10)6-2-3-7-8(4-6)13-9(11)12-7/h2-5H,10H2,1H3,(H2,11,12). The van der Waals surface area contributed by atoms with Crippen LogP contribution in [0.15, 0.2) is 18.2 Å². The van der Waals surface area contributed by atoms with E-state index in [-0.39, 0.29) is 6.04 Å². The zero-order valence-corrected chi connectivity index (χ0v) is 8.14. The van der Waals surface area contributed by atoms with Gasteiger partial charge in [0.1, 0.15) is 0 Å². The highest BCUT2D eigenvalue weighted by Crippen LogP contribution is 2.25. The molecule has 2 rings (SSSR count). The lowest BCUT2D eigenvalue weighted by atomic mass is 10.1. The van der Waals surface area contributed by atoms with E-state index in [0.717, 1.165) is 15.8 Å². The van der Waals surface area contributed by atoms with Crippen LogP contribution in [-0.4, -0.2) is 4.98 Å². The molecule has 4 N–H and O–H groups in total. The molecule has 0 bridgehead atoms. The number of benzene rings is 1. The third kappa shape index (κ3) is 1.50. The summed E-state index contributed by atoms with van der Waals surface area (Å²) in [4.78, 5) is 4.17. The van der Waals surface area contributed by atoms with E-state index in [4.69, 9.17) is 11.5 Å². The molecule has 0 saturated carbocycles. The fourth-order valence-electron chi connectivity index (χ4n) is 1.24. The summed E-state index contributed by atoms with van der Waals surface area (Å²) in [6, 6.07) is 6.06. The minimum Gasteiger partial charge on any atom is -0.375 e. The van der Waals surface area contributed by atoms with Crippen LogP contribution in [0.2, 0.25) is 0 Å². The summed E-state index contributed by atoms with van der Waals surface area (Å²) in [5, 5.41) is 0.608. The van der Waals surface area contributed by atoms with Gasteiger partial charge in [-0.05, 0) is 24.6 Å². The lowest BCUT2D eigenvalue weighted by Gasteiger charge is -2.03. The summed E-state index contributed by atoms with van der Waals surface area (Å²) in [6.07, 6.45) is 0. The minimum absolute atomic E-state index is 0.0627. The van der Waals surface area contributed by atoms with Crippen molar-refractivity contribution in [3.8, 4) is 0 Å². The summed E-state index contributed by atoms with van der Waals surface area (Å²) in [6.45, 7) is 1.96. The van der Waals surface area contributed by atoms with Gasteiger partial charge in [0.2, 0.25) is 0 Å². The van der Waals surface area contributed by atoms with Gasteiger partial charge in [-0.1, -0.05) is 17.4 Å². The second kappa shape index (κ2) is 2.97. The average molecular weight is 193 g/mol. The number of anilines is 1. The van der Waals surface area contributed by atoms with Gasteiger partial charge in [-0.25, -0.2) is 4.98 Å². The first-order valence-corrected chi connectivity index (χ1v) is 4.90. The minimum atomic E-state index is 0.0627. The van der Waals surface area contributed by atoms with Crippen LogP contribution >= 0.6 is 11.3 Å². The van der Waals surface area contributed by atoms with Gasteiger partial charge in [-0.15, -0.1) is 0 Å². The van der Waals surface area contributed by atoms with Gasteiger partial charge in [0.25, 0.3) is 0 Å².